The molecule has 0 spiro atoms. The summed E-state index contributed by atoms with van der Waals surface area (Å²) in [5.74, 6) is -0.00393. The highest BCUT2D eigenvalue weighted by atomic mass is 32.2. The third-order valence-corrected chi connectivity index (χ3v) is 3.97. The Morgan fingerprint density at radius 2 is 1.89 bits per heavy atom. The molecule has 0 bridgehead atoms. The van der Waals surface area contributed by atoms with Crippen LogP contribution in [0.25, 0.3) is 0 Å². The molecule has 0 unspecified atom stereocenters. The van der Waals surface area contributed by atoms with Crippen LogP contribution in [0, 0.1) is 6.92 Å². The fourth-order valence-electron chi connectivity index (χ4n) is 1.39. The van der Waals surface area contributed by atoms with Gasteiger partial charge in [-0.15, -0.1) is 0 Å². The zero-order valence-electron chi connectivity index (χ0n) is 11.5. The summed E-state index contributed by atoms with van der Waals surface area (Å²) in [7, 11) is 0. The largest absolute Gasteiger partial charge is 0.325 e. The molecule has 0 fully saturated rings. The topological polar surface area (TPSA) is 41.1 Å². The van der Waals surface area contributed by atoms with E-state index in [4.69, 9.17) is 0 Å². The van der Waals surface area contributed by atoms with Crippen molar-refractivity contribution in [3.8, 4) is 0 Å². The van der Waals surface area contributed by atoms with Crippen molar-refractivity contribution in [3.05, 3.63) is 29.8 Å². The summed E-state index contributed by atoms with van der Waals surface area (Å²) in [6, 6.07) is 7.80. The molecule has 0 saturated carbocycles. The number of carbonyl (C=O) groups excluding carboxylic acids is 1. The summed E-state index contributed by atoms with van der Waals surface area (Å²) < 4.78 is 0.157. The molecule has 4 heteroatoms. The normalized spacial score (nSPS) is 11.3. The van der Waals surface area contributed by atoms with Gasteiger partial charge >= 0.3 is 0 Å². The second-order valence-electron chi connectivity index (χ2n) is 4.98. The van der Waals surface area contributed by atoms with Gasteiger partial charge in [0.05, 0.1) is 6.54 Å². The maximum Gasteiger partial charge on any atom is 0.238 e. The first kappa shape index (κ1) is 15.1. The molecular weight excluding hydrogens is 244 g/mol. The molecule has 0 atom stereocenters. The molecule has 0 aliphatic rings. The summed E-state index contributed by atoms with van der Waals surface area (Å²) >= 11 is 1.79. The van der Waals surface area contributed by atoms with Crippen molar-refractivity contribution in [1.29, 1.82) is 0 Å². The van der Waals surface area contributed by atoms with Crippen LogP contribution < -0.4 is 10.6 Å². The highest BCUT2D eigenvalue weighted by molar-refractivity contribution is 7.99. The van der Waals surface area contributed by atoms with Gasteiger partial charge in [0.25, 0.3) is 0 Å². The zero-order chi connectivity index (χ0) is 13.6. The monoisotopic (exact) mass is 266 g/mol. The molecule has 1 amide bonds. The van der Waals surface area contributed by atoms with Gasteiger partial charge in [-0.25, -0.2) is 0 Å². The first-order valence-corrected chi connectivity index (χ1v) is 7.28. The molecule has 0 aliphatic carbocycles. The predicted molar refractivity (Wildman–Crippen MR) is 80.3 cm³/mol. The van der Waals surface area contributed by atoms with Crippen molar-refractivity contribution in [2.75, 3.05) is 24.7 Å². The van der Waals surface area contributed by atoms with Crippen molar-refractivity contribution in [2.24, 2.45) is 0 Å². The number of anilines is 1. The van der Waals surface area contributed by atoms with Crippen LogP contribution in [-0.4, -0.2) is 30.0 Å². The van der Waals surface area contributed by atoms with E-state index in [0.29, 0.717) is 6.54 Å². The van der Waals surface area contributed by atoms with Crippen molar-refractivity contribution in [2.45, 2.75) is 25.5 Å². The zero-order valence-corrected chi connectivity index (χ0v) is 12.4. The Balaban J connectivity index is 2.32. The summed E-state index contributed by atoms with van der Waals surface area (Å²) in [6.07, 6.45) is 2.08. The second kappa shape index (κ2) is 6.81. The van der Waals surface area contributed by atoms with E-state index in [0.717, 1.165) is 12.2 Å². The first-order valence-electron chi connectivity index (χ1n) is 6.05. The molecule has 0 heterocycles. The smallest absolute Gasteiger partial charge is 0.238 e. The number of nitrogens with one attached hydrogen (secondary N) is 2. The van der Waals surface area contributed by atoms with Crippen LogP contribution in [0.5, 0.6) is 0 Å². The van der Waals surface area contributed by atoms with Gasteiger partial charge in [0, 0.05) is 17.0 Å². The lowest BCUT2D eigenvalue weighted by atomic mass is 10.2. The maximum absolute atomic E-state index is 11.7. The number of benzene rings is 1. The number of amides is 1. The van der Waals surface area contributed by atoms with E-state index in [1.807, 2.05) is 31.2 Å². The molecule has 1 rings (SSSR count). The van der Waals surface area contributed by atoms with Gasteiger partial charge in [0.1, 0.15) is 0 Å². The minimum absolute atomic E-state index is 0.00393. The van der Waals surface area contributed by atoms with E-state index in [9.17, 15) is 4.79 Å². The Morgan fingerprint density at radius 1 is 1.28 bits per heavy atom. The van der Waals surface area contributed by atoms with Crippen molar-refractivity contribution < 1.29 is 4.79 Å². The van der Waals surface area contributed by atoms with Crippen LogP contribution in [0.1, 0.15) is 19.4 Å². The molecule has 0 aromatic heterocycles. The molecule has 1 aromatic carbocycles. The quantitative estimate of drug-likeness (QED) is 0.831. The summed E-state index contributed by atoms with van der Waals surface area (Å²) in [4.78, 5) is 11.7. The van der Waals surface area contributed by atoms with Gasteiger partial charge < -0.3 is 10.6 Å². The van der Waals surface area contributed by atoms with Crippen molar-refractivity contribution in [3.63, 3.8) is 0 Å². The van der Waals surface area contributed by atoms with Crippen LogP contribution in [-0.2, 0) is 4.79 Å². The molecule has 18 heavy (non-hydrogen) atoms. The maximum atomic E-state index is 11.7. The molecule has 2 N–H and O–H groups in total. The van der Waals surface area contributed by atoms with E-state index >= 15 is 0 Å². The van der Waals surface area contributed by atoms with E-state index in [-0.39, 0.29) is 10.7 Å². The van der Waals surface area contributed by atoms with Crippen LogP contribution in [0.3, 0.4) is 0 Å². The number of carbonyl (C=O) groups is 1. The van der Waals surface area contributed by atoms with Gasteiger partial charge in [-0.2, -0.15) is 11.8 Å². The van der Waals surface area contributed by atoms with E-state index in [1.165, 1.54) is 5.56 Å². The van der Waals surface area contributed by atoms with Crippen molar-refractivity contribution >= 4 is 23.4 Å². The Morgan fingerprint density at radius 3 is 2.44 bits per heavy atom. The molecule has 3 nitrogen and oxygen atoms in total. The number of hydrogen-bond donors (Lipinski definition) is 2. The first-order chi connectivity index (χ1) is 8.43. The predicted octanol–water partition coefficient (Wildman–Crippen LogP) is 2.66. The third-order valence-electron chi connectivity index (χ3n) is 2.72. The Bertz CT molecular complexity index is 387. The lowest BCUT2D eigenvalue weighted by Gasteiger charge is -2.22. The number of aryl methyl sites for hydroxylation is 1. The van der Waals surface area contributed by atoms with Gasteiger partial charge in [0.2, 0.25) is 5.91 Å². The van der Waals surface area contributed by atoms with Crippen molar-refractivity contribution in [1.82, 2.24) is 5.32 Å². The Hall–Kier alpha value is -1.00. The average Bonchev–Trinajstić information content (AvgIpc) is 2.32. The Kier molecular flexibility index (Phi) is 5.69. The van der Waals surface area contributed by atoms with Crippen LogP contribution in [0.15, 0.2) is 24.3 Å². The summed E-state index contributed by atoms with van der Waals surface area (Å²) in [6.45, 7) is 7.50. The highest BCUT2D eigenvalue weighted by Crippen LogP contribution is 2.19. The minimum atomic E-state index is -0.00393. The summed E-state index contributed by atoms with van der Waals surface area (Å²) in [5.41, 5.74) is 2.03. The fourth-order valence-corrected chi connectivity index (χ4v) is 1.64. The molecule has 1 aromatic rings. The lowest BCUT2D eigenvalue weighted by Crippen LogP contribution is -2.37. The molecule has 0 aliphatic heterocycles. The highest BCUT2D eigenvalue weighted by Gasteiger charge is 2.15. The molecule has 0 saturated heterocycles. The van der Waals surface area contributed by atoms with Crippen LogP contribution in [0.2, 0.25) is 0 Å². The molecular formula is C14H22N2OS. The van der Waals surface area contributed by atoms with Gasteiger partial charge in [-0.05, 0) is 39.2 Å². The third kappa shape index (κ3) is 5.56. The second-order valence-corrected chi connectivity index (χ2v) is 6.49. The number of rotatable bonds is 6. The molecule has 0 radical (unpaired) electrons. The van der Waals surface area contributed by atoms with Gasteiger partial charge in [-0.3, -0.25) is 4.79 Å². The number of hydrogen-bond acceptors (Lipinski definition) is 3. The van der Waals surface area contributed by atoms with E-state index in [1.54, 1.807) is 11.8 Å². The number of thioether (sulfide) groups is 1. The van der Waals surface area contributed by atoms with Crippen LogP contribution >= 0.6 is 11.8 Å². The van der Waals surface area contributed by atoms with Gasteiger partial charge in [-0.1, -0.05) is 17.7 Å². The summed E-state index contributed by atoms with van der Waals surface area (Å²) in [5, 5.41) is 6.04. The SMILES string of the molecule is CSC(C)(C)CNCC(=O)Nc1ccc(C)cc1. The Labute approximate surface area is 114 Å². The van der Waals surface area contributed by atoms with Crippen LogP contribution in [0.4, 0.5) is 5.69 Å². The standard InChI is InChI=1S/C14H22N2OS/c1-11-5-7-12(8-6-11)16-13(17)9-15-10-14(2,3)18-4/h5-8,15H,9-10H2,1-4H3,(H,16,17). The van der Waals surface area contributed by atoms with E-state index < -0.39 is 0 Å². The molecule has 100 valence electrons. The minimum Gasteiger partial charge on any atom is -0.325 e. The average molecular weight is 266 g/mol. The lowest BCUT2D eigenvalue weighted by molar-refractivity contribution is -0.115. The van der Waals surface area contributed by atoms with Gasteiger partial charge in [0.15, 0.2) is 0 Å². The van der Waals surface area contributed by atoms with E-state index in [2.05, 4.69) is 30.7 Å². The fraction of sp³-hybridized carbons (Fsp3) is 0.500.